The molecule has 1 atom stereocenters. The van der Waals surface area contributed by atoms with Crippen molar-refractivity contribution in [2.75, 3.05) is 6.61 Å². The van der Waals surface area contributed by atoms with E-state index in [9.17, 15) is 18.0 Å². The topological polar surface area (TPSA) is 92.8 Å². The van der Waals surface area contributed by atoms with Crippen LogP contribution in [0.4, 0.5) is 0 Å². The normalized spacial score (nSPS) is 12.4. The van der Waals surface area contributed by atoms with E-state index < -0.39 is 28.6 Å². The molecule has 2 aromatic rings. The lowest BCUT2D eigenvalue weighted by molar-refractivity contribution is -0.154. The monoisotopic (exact) mass is 418 g/mol. The average Bonchev–Trinajstić information content (AvgIpc) is 2.70. The van der Waals surface area contributed by atoms with Crippen LogP contribution in [0, 0.1) is 0 Å². The van der Waals surface area contributed by atoms with Crippen LogP contribution in [-0.4, -0.2) is 43.9 Å². The lowest BCUT2D eigenvalue weighted by Gasteiger charge is -2.27. The van der Waals surface area contributed by atoms with Gasteiger partial charge in [0.15, 0.2) is 6.61 Å². The lowest BCUT2D eigenvalue weighted by Crippen LogP contribution is -2.42. The molecule has 0 saturated carbocycles. The summed E-state index contributed by atoms with van der Waals surface area (Å²) in [5, 5.41) is 0. The maximum absolute atomic E-state index is 12.5. The van der Waals surface area contributed by atoms with E-state index in [0.717, 1.165) is 5.56 Å². The summed E-state index contributed by atoms with van der Waals surface area (Å²) in [6.07, 6.45) is 0. The van der Waals surface area contributed by atoms with E-state index in [-0.39, 0.29) is 16.8 Å². The molecule has 0 spiro atoms. The summed E-state index contributed by atoms with van der Waals surface area (Å²) < 4.78 is 31.9. The minimum Gasteiger partial charge on any atom is -0.454 e. The van der Waals surface area contributed by atoms with Crippen LogP contribution >= 0.6 is 0 Å². The smallest absolute Gasteiger partial charge is 0.324 e. The van der Waals surface area contributed by atoms with Crippen molar-refractivity contribution in [1.82, 2.24) is 9.62 Å². The van der Waals surface area contributed by atoms with Gasteiger partial charge in [-0.3, -0.25) is 9.59 Å². The van der Waals surface area contributed by atoms with Gasteiger partial charge in [-0.2, -0.15) is 4.72 Å². The van der Waals surface area contributed by atoms with E-state index in [4.69, 9.17) is 4.74 Å². The maximum atomic E-state index is 12.5. The summed E-state index contributed by atoms with van der Waals surface area (Å²) in [7, 11) is -3.86. The standard InChI is InChI=1S/C21H26N2O5S/c1-16(2)23(14-18-10-6-4-7-11-18)20(24)15-28-21(25)17(3)22-29(26,27)19-12-8-5-9-13-19/h4-13,16-17,22H,14-15H2,1-3H3. The van der Waals surface area contributed by atoms with Gasteiger partial charge in [-0.15, -0.1) is 0 Å². The molecule has 0 aliphatic heterocycles. The van der Waals surface area contributed by atoms with Crippen LogP contribution in [-0.2, 0) is 30.9 Å². The fraction of sp³-hybridized carbons (Fsp3) is 0.333. The molecule has 0 aromatic heterocycles. The second-order valence-electron chi connectivity index (χ2n) is 6.86. The Morgan fingerprint density at radius 2 is 1.52 bits per heavy atom. The third-order valence-corrected chi connectivity index (χ3v) is 5.77. The van der Waals surface area contributed by atoms with E-state index in [2.05, 4.69) is 4.72 Å². The Balaban J connectivity index is 1.93. The SMILES string of the molecule is CC(NS(=O)(=O)c1ccccc1)C(=O)OCC(=O)N(Cc1ccccc1)C(C)C. The highest BCUT2D eigenvalue weighted by atomic mass is 32.2. The molecule has 1 amide bonds. The van der Waals surface area contributed by atoms with E-state index in [1.807, 2.05) is 44.2 Å². The maximum Gasteiger partial charge on any atom is 0.324 e. The number of benzene rings is 2. The van der Waals surface area contributed by atoms with Gasteiger partial charge in [0.1, 0.15) is 6.04 Å². The van der Waals surface area contributed by atoms with E-state index in [1.54, 1.807) is 23.1 Å². The van der Waals surface area contributed by atoms with Gasteiger partial charge in [-0.1, -0.05) is 48.5 Å². The van der Waals surface area contributed by atoms with Crippen LogP contribution in [0.3, 0.4) is 0 Å². The Bertz CT molecular complexity index is 915. The number of esters is 1. The third-order valence-electron chi connectivity index (χ3n) is 4.22. The van der Waals surface area contributed by atoms with Crippen molar-refractivity contribution in [3.63, 3.8) is 0 Å². The molecular weight excluding hydrogens is 392 g/mol. The first-order valence-corrected chi connectivity index (χ1v) is 10.8. The first kappa shape index (κ1) is 22.6. The number of rotatable bonds is 9. The molecule has 29 heavy (non-hydrogen) atoms. The van der Waals surface area contributed by atoms with Gasteiger partial charge in [-0.05, 0) is 38.5 Å². The van der Waals surface area contributed by atoms with Crippen molar-refractivity contribution in [2.24, 2.45) is 0 Å². The number of hydrogen-bond donors (Lipinski definition) is 1. The van der Waals surface area contributed by atoms with Crippen molar-refractivity contribution in [3.05, 3.63) is 66.2 Å². The molecule has 0 heterocycles. The third kappa shape index (κ3) is 6.69. The number of amides is 1. The van der Waals surface area contributed by atoms with Crippen LogP contribution in [0.5, 0.6) is 0 Å². The summed E-state index contributed by atoms with van der Waals surface area (Å²) in [6.45, 7) is 5.06. The van der Waals surface area contributed by atoms with Gasteiger partial charge >= 0.3 is 5.97 Å². The Labute approximate surface area is 171 Å². The predicted octanol–water partition coefficient (Wildman–Crippen LogP) is 2.33. The quantitative estimate of drug-likeness (QED) is 0.631. The molecule has 0 radical (unpaired) electrons. The number of nitrogens with one attached hydrogen (secondary N) is 1. The van der Waals surface area contributed by atoms with Crippen LogP contribution in [0.2, 0.25) is 0 Å². The number of carbonyl (C=O) groups excluding carboxylic acids is 2. The number of nitrogens with zero attached hydrogens (tertiary/aromatic N) is 1. The molecule has 8 heteroatoms. The van der Waals surface area contributed by atoms with Gasteiger partial charge in [0.05, 0.1) is 4.90 Å². The molecule has 1 N–H and O–H groups in total. The number of carbonyl (C=O) groups is 2. The van der Waals surface area contributed by atoms with Crippen LogP contribution in [0.25, 0.3) is 0 Å². The van der Waals surface area contributed by atoms with Crippen LogP contribution in [0.1, 0.15) is 26.3 Å². The van der Waals surface area contributed by atoms with Gasteiger partial charge in [0.2, 0.25) is 10.0 Å². The van der Waals surface area contributed by atoms with Crippen molar-refractivity contribution >= 4 is 21.9 Å². The van der Waals surface area contributed by atoms with Crippen LogP contribution < -0.4 is 4.72 Å². The van der Waals surface area contributed by atoms with Crippen molar-refractivity contribution in [2.45, 2.75) is 44.3 Å². The molecule has 0 aliphatic carbocycles. The minimum absolute atomic E-state index is 0.0459. The van der Waals surface area contributed by atoms with E-state index in [0.29, 0.717) is 6.54 Å². The molecule has 0 fully saturated rings. The fourth-order valence-electron chi connectivity index (χ4n) is 2.63. The molecule has 2 rings (SSSR count). The second kappa shape index (κ2) is 10.2. The molecule has 0 aliphatic rings. The van der Waals surface area contributed by atoms with Gasteiger partial charge in [-0.25, -0.2) is 8.42 Å². The Morgan fingerprint density at radius 1 is 0.966 bits per heavy atom. The van der Waals surface area contributed by atoms with Crippen molar-refractivity contribution in [3.8, 4) is 0 Å². The zero-order chi connectivity index (χ0) is 21.4. The highest BCUT2D eigenvalue weighted by Crippen LogP contribution is 2.10. The summed E-state index contributed by atoms with van der Waals surface area (Å²) in [6, 6.07) is 16.0. The molecule has 156 valence electrons. The molecular formula is C21H26N2O5S. The lowest BCUT2D eigenvalue weighted by atomic mass is 10.2. The summed E-state index contributed by atoms with van der Waals surface area (Å²) >= 11 is 0. The number of hydrogen-bond acceptors (Lipinski definition) is 5. The van der Waals surface area contributed by atoms with Gasteiger partial charge in [0, 0.05) is 12.6 Å². The van der Waals surface area contributed by atoms with Gasteiger partial charge in [0.25, 0.3) is 5.91 Å². The zero-order valence-corrected chi connectivity index (χ0v) is 17.6. The van der Waals surface area contributed by atoms with Crippen molar-refractivity contribution in [1.29, 1.82) is 0 Å². The molecule has 7 nitrogen and oxygen atoms in total. The second-order valence-corrected chi connectivity index (χ2v) is 8.58. The molecule has 0 bridgehead atoms. The predicted molar refractivity (Wildman–Crippen MR) is 109 cm³/mol. The first-order chi connectivity index (χ1) is 13.7. The Kier molecular flexibility index (Phi) is 7.92. The highest BCUT2D eigenvalue weighted by molar-refractivity contribution is 7.89. The average molecular weight is 419 g/mol. The fourth-order valence-corrected chi connectivity index (χ4v) is 3.84. The Hall–Kier alpha value is -2.71. The molecule has 2 aromatic carbocycles. The highest BCUT2D eigenvalue weighted by Gasteiger charge is 2.25. The minimum atomic E-state index is -3.86. The zero-order valence-electron chi connectivity index (χ0n) is 16.7. The summed E-state index contributed by atoms with van der Waals surface area (Å²) in [4.78, 5) is 26.4. The molecule has 0 saturated heterocycles. The summed E-state index contributed by atoms with van der Waals surface area (Å²) in [5.41, 5.74) is 0.963. The Morgan fingerprint density at radius 3 is 2.07 bits per heavy atom. The molecule has 1 unspecified atom stereocenters. The summed E-state index contributed by atoms with van der Waals surface area (Å²) in [5.74, 6) is -1.17. The number of ether oxygens (including phenoxy) is 1. The van der Waals surface area contributed by atoms with E-state index >= 15 is 0 Å². The van der Waals surface area contributed by atoms with Gasteiger partial charge < -0.3 is 9.64 Å². The van der Waals surface area contributed by atoms with Crippen molar-refractivity contribution < 1.29 is 22.7 Å². The van der Waals surface area contributed by atoms with Crippen LogP contribution in [0.15, 0.2) is 65.6 Å². The number of sulfonamides is 1. The largest absolute Gasteiger partial charge is 0.454 e. The van der Waals surface area contributed by atoms with E-state index in [1.165, 1.54) is 19.1 Å². The first-order valence-electron chi connectivity index (χ1n) is 9.28.